The van der Waals surface area contributed by atoms with E-state index in [2.05, 4.69) is 15.6 Å². The molecule has 2 amide bonds. The Morgan fingerprint density at radius 3 is 2.64 bits per heavy atom. The number of methoxy groups -OCH3 is 2. The predicted molar refractivity (Wildman–Crippen MR) is 160 cm³/mol. The normalized spacial score (nSPS) is 20.0. The fourth-order valence-corrected chi connectivity index (χ4v) is 5.78. The van der Waals surface area contributed by atoms with Crippen molar-refractivity contribution in [2.45, 2.75) is 50.3 Å². The molecule has 0 aliphatic carbocycles. The molecule has 1 aromatic heterocycles. The quantitative estimate of drug-likeness (QED) is 0.108. The lowest BCUT2D eigenvalue weighted by Gasteiger charge is -2.36. The first kappa shape index (κ1) is 31.7. The summed E-state index contributed by atoms with van der Waals surface area (Å²) in [5.41, 5.74) is 1.60. The number of hydrogen-bond donors (Lipinski definition) is 4. The number of H-pyrrole nitrogens is 1. The molecule has 1 unspecified atom stereocenters. The van der Waals surface area contributed by atoms with Crippen LogP contribution in [0.4, 0.5) is 29.7 Å². The van der Waals surface area contributed by atoms with Gasteiger partial charge in [-0.25, -0.2) is 28.1 Å². The monoisotopic (exact) mass is 644 g/mol. The molecule has 2 aliphatic rings. The van der Waals surface area contributed by atoms with Gasteiger partial charge >= 0.3 is 18.2 Å². The molecule has 0 saturated carbocycles. The third-order valence-corrected chi connectivity index (χ3v) is 8.13. The van der Waals surface area contributed by atoms with Gasteiger partial charge in [0, 0.05) is 36.1 Å². The molecule has 1 fully saturated rings. The number of hydrogen-bond acceptors (Lipinski definition) is 9. The van der Waals surface area contributed by atoms with Crippen molar-refractivity contribution in [1.82, 2.24) is 14.9 Å². The van der Waals surface area contributed by atoms with E-state index in [1.54, 1.807) is 18.2 Å². The van der Waals surface area contributed by atoms with Crippen LogP contribution < -0.4 is 10.6 Å². The van der Waals surface area contributed by atoms with E-state index in [-0.39, 0.29) is 18.0 Å². The van der Waals surface area contributed by atoms with Gasteiger partial charge < -0.3 is 29.9 Å². The van der Waals surface area contributed by atoms with Crippen LogP contribution in [-0.2, 0) is 19.0 Å². The first-order chi connectivity index (χ1) is 21.6. The van der Waals surface area contributed by atoms with Gasteiger partial charge in [-0.15, -0.1) is 0 Å². The lowest BCUT2D eigenvalue weighted by molar-refractivity contribution is -0.141. The molecule has 2 aromatic carbocycles. The number of imidazole rings is 1. The smallest absolute Gasteiger partial charge is 0.411 e. The zero-order valence-electron chi connectivity index (χ0n) is 24.4. The maximum Gasteiger partial charge on any atom is 0.411 e. The fourth-order valence-electron chi connectivity index (χ4n) is 5.62. The Bertz CT molecular complexity index is 1630. The maximum absolute atomic E-state index is 14.7. The maximum atomic E-state index is 14.7. The number of carbonyl (C=O) groups excluding carboxylic acids is 3. The van der Waals surface area contributed by atoms with Crippen molar-refractivity contribution in [2.24, 2.45) is 0 Å². The van der Waals surface area contributed by atoms with Crippen molar-refractivity contribution >= 4 is 47.3 Å². The number of benzene rings is 2. The van der Waals surface area contributed by atoms with Gasteiger partial charge in [0.1, 0.15) is 23.8 Å². The lowest BCUT2D eigenvalue weighted by atomic mass is 9.99. The molecule has 4 N–H and O–H groups in total. The number of nitrogens with zero attached hydrogens (tertiary/aromatic N) is 2. The molecule has 2 bridgehead atoms. The van der Waals surface area contributed by atoms with Crippen LogP contribution in [0, 0.1) is 17.0 Å². The van der Waals surface area contributed by atoms with E-state index in [9.17, 15) is 23.2 Å². The summed E-state index contributed by atoms with van der Waals surface area (Å²) in [6.45, 7) is 0.0982. The van der Waals surface area contributed by atoms with E-state index in [1.807, 2.05) is 0 Å². The zero-order chi connectivity index (χ0) is 32.2. The second-order valence-electron chi connectivity index (χ2n) is 10.5. The number of cyclic esters (lactones) is 1. The second kappa shape index (κ2) is 13.5. The molecule has 45 heavy (non-hydrogen) atoms. The van der Waals surface area contributed by atoms with Gasteiger partial charge in [0.25, 0.3) is 0 Å². The van der Waals surface area contributed by atoms with Crippen LogP contribution >= 0.6 is 11.6 Å². The molecule has 0 spiro atoms. The van der Waals surface area contributed by atoms with Gasteiger partial charge in [0.05, 0.1) is 42.2 Å². The molecule has 238 valence electrons. The minimum atomic E-state index is -1.17. The van der Waals surface area contributed by atoms with Crippen LogP contribution in [0.5, 0.6) is 0 Å². The summed E-state index contributed by atoms with van der Waals surface area (Å²) in [5.74, 6) is -1.95. The summed E-state index contributed by atoms with van der Waals surface area (Å²) in [4.78, 5) is 47.4. The first-order valence-corrected chi connectivity index (χ1v) is 14.6. The first-order valence-electron chi connectivity index (χ1n) is 14.2. The molecule has 3 aromatic rings. The molecule has 12 nitrogen and oxygen atoms in total. The van der Waals surface area contributed by atoms with Gasteiger partial charge in [-0.05, 0) is 43.2 Å². The number of nitrogens with one attached hydrogen (secondary N) is 4. The van der Waals surface area contributed by atoms with Crippen LogP contribution in [0.15, 0.2) is 30.3 Å². The zero-order valence-corrected chi connectivity index (χ0v) is 25.2. The second-order valence-corrected chi connectivity index (χ2v) is 10.9. The molecule has 5 rings (SSSR count). The SMILES string of the molecule is COC(=O)Nc1ccc2c(c1)N[C@@H](C(=O)OC)CCCC[C@H](N1CCC(c3c(F)ccc(Cl)c3F)OC1=O)c1nc-2c(C=N)[nH]1. The van der Waals surface area contributed by atoms with Crippen molar-refractivity contribution in [3.63, 3.8) is 0 Å². The Morgan fingerprint density at radius 1 is 1.16 bits per heavy atom. The summed E-state index contributed by atoms with van der Waals surface area (Å²) in [7, 11) is 2.52. The predicted octanol–water partition coefficient (Wildman–Crippen LogP) is 6.34. The molecule has 3 atom stereocenters. The summed E-state index contributed by atoms with van der Waals surface area (Å²) in [5, 5.41) is 13.6. The van der Waals surface area contributed by atoms with Gasteiger partial charge in [0.2, 0.25) is 0 Å². The minimum Gasteiger partial charge on any atom is -0.467 e. The number of halogens is 3. The van der Waals surface area contributed by atoms with E-state index in [0.717, 1.165) is 18.3 Å². The lowest BCUT2D eigenvalue weighted by Crippen LogP contribution is -2.42. The van der Waals surface area contributed by atoms with Crippen molar-refractivity contribution in [3.05, 3.63) is 64.1 Å². The highest BCUT2D eigenvalue weighted by Crippen LogP contribution is 2.39. The van der Waals surface area contributed by atoms with E-state index in [1.165, 1.54) is 19.1 Å². The number of amides is 2. The topological polar surface area (TPSA) is 159 Å². The highest BCUT2D eigenvalue weighted by Gasteiger charge is 2.38. The average Bonchev–Trinajstić information content (AvgIpc) is 3.46. The van der Waals surface area contributed by atoms with E-state index in [0.29, 0.717) is 59.8 Å². The number of carbonyl (C=O) groups is 3. The number of esters is 1. The van der Waals surface area contributed by atoms with Crippen LogP contribution in [0.25, 0.3) is 11.3 Å². The Balaban J connectivity index is 1.52. The van der Waals surface area contributed by atoms with Crippen molar-refractivity contribution in [1.29, 1.82) is 5.41 Å². The molecule has 2 aliphatic heterocycles. The largest absolute Gasteiger partial charge is 0.467 e. The van der Waals surface area contributed by atoms with Crippen LogP contribution in [0.3, 0.4) is 0 Å². The number of aromatic nitrogens is 2. The van der Waals surface area contributed by atoms with Crippen LogP contribution in [-0.4, -0.2) is 66.0 Å². The standard InChI is InChI=1S/C30H31ClF2N6O6/c1-43-28(40)19-5-3-4-6-22(39-12-11-23(45-30(39)42)24-18(32)10-9-17(31)25(24)33)27-37-21(14-34)26(38-27)16-8-7-15(13-20(16)36-19)35-29(41)44-2/h7-10,13-14,19,22-23,34,36H,3-6,11-12H2,1-2H3,(H,35,41)(H,37,38)/t19-,22+,23?/m1/s1. The van der Waals surface area contributed by atoms with Gasteiger partial charge in [-0.2, -0.15) is 0 Å². The molecular formula is C30H31ClF2N6O6. The van der Waals surface area contributed by atoms with Gasteiger partial charge in [-0.3, -0.25) is 10.2 Å². The van der Waals surface area contributed by atoms with E-state index in [4.69, 9.17) is 36.2 Å². The van der Waals surface area contributed by atoms with Crippen molar-refractivity contribution in [2.75, 3.05) is 31.4 Å². The summed E-state index contributed by atoms with van der Waals surface area (Å²) in [6.07, 6.45) is 0.421. The van der Waals surface area contributed by atoms with Gasteiger partial charge in [0.15, 0.2) is 5.82 Å². The Labute approximate surface area is 261 Å². The molecular weight excluding hydrogens is 614 g/mol. The molecule has 1 saturated heterocycles. The molecule has 3 heterocycles. The Kier molecular flexibility index (Phi) is 9.51. The van der Waals surface area contributed by atoms with E-state index < -0.39 is 53.5 Å². The average molecular weight is 645 g/mol. The minimum absolute atomic E-state index is 0.0918. The third-order valence-electron chi connectivity index (χ3n) is 7.84. The fraction of sp³-hybridized carbons (Fsp3) is 0.367. The van der Waals surface area contributed by atoms with Crippen molar-refractivity contribution in [3.8, 4) is 11.3 Å². The summed E-state index contributed by atoms with van der Waals surface area (Å²) < 4.78 is 44.6. The van der Waals surface area contributed by atoms with Crippen LogP contribution in [0.2, 0.25) is 5.02 Å². The molecule has 0 radical (unpaired) electrons. The third kappa shape index (κ3) is 6.55. The van der Waals surface area contributed by atoms with E-state index >= 15 is 0 Å². The molecule has 15 heteroatoms. The van der Waals surface area contributed by atoms with Crippen molar-refractivity contribution < 1.29 is 37.4 Å². The Morgan fingerprint density at radius 2 is 1.93 bits per heavy atom. The van der Waals surface area contributed by atoms with Gasteiger partial charge in [-0.1, -0.05) is 24.4 Å². The number of fused-ring (bicyclic) bond motifs is 4. The number of aromatic amines is 1. The summed E-state index contributed by atoms with van der Waals surface area (Å²) >= 11 is 5.86. The highest BCUT2D eigenvalue weighted by molar-refractivity contribution is 6.30. The number of ether oxygens (including phenoxy) is 3. The number of rotatable bonds is 5. The van der Waals surface area contributed by atoms with Crippen LogP contribution in [0.1, 0.15) is 61.3 Å². The highest BCUT2D eigenvalue weighted by atomic mass is 35.5. The Hall–Kier alpha value is -4.72. The summed E-state index contributed by atoms with van der Waals surface area (Å²) in [6, 6.07) is 5.62. The number of anilines is 2.